The Bertz CT molecular complexity index is 831. The average Bonchev–Trinajstić information content (AvgIpc) is 2.60. The minimum atomic E-state index is 0.629. The Morgan fingerprint density at radius 2 is 1.39 bits per heavy atom. The highest BCUT2D eigenvalue weighted by Gasteiger charge is 2.07. The van der Waals surface area contributed by atoms with Gasteiger partial charge in [0.25, 0.3) is 0 Å². The van der Waals surface area contributed by atoms with Crippen LogP contribution in [-0.2, 0) is 0 Å². The van der Waals surface area contributed by atoms with Crippen molar-refractivity contribution in [2.24, 2.45) is 4.99 Å². The Balaban J connectivity index is 2.16. The van der Waals surface area contributed by atoms with Gasteiger partial charge in [-0.05, 0) is 30.7 Å². The normalized spacial score (nSPS) is 9.91. The zero-order chi connectivity index (χ0) is 16.1. The van der Waals surface area contributed by atoms with Gasteiger partial charge in [0.2, 0.25) is 0 Å². The van der Waals surface area contributed by atoms with Gasteiger partial charge in [-0.1, -0.05) is 60.7 Å². The van der Waals surface area contributed by atoms with E-state index in [1.807, 2.05) is 85.8 Å². The fourth-order valence-corrected chi connectivity index (χ4v) is 2.51. The molecule has 0 unspecified atom stereocenters. The Hall–Kier alpha value is -3.18. The number of hydrogen-bond donors (Lipinski definition) is 0. The molecule has 0 aliphatic heterocycles. The summed E-state index contributed by atoms with van der Waals surface area (Å²) in [6.07, 6.45) is 0. The number of nitriles is 1. The van der Waals surface area contributed by atoms with E-state index >= 15 is 0 Å². The van der Waals surface area contributed by atoms with E-state index in [2.05, 4.69) is 6.07 Å². The molecule has 0 aliphatic rings. The molecule has 0 amide bonds. The highest BCUT2D eigenvalue weighted by atomic mass is 14.7. The lowest BCUT2D eigenvalue weighted by Crippen LogP contribution is -2.02. The van der Waals surface area contributed by atoms with Gasteiger partial charge in [-0.2, -0.15) is 5.26 Å². The van der Waals surface area contributed by atoms with Gasteiger partial charge in [-0.3, -0.25) is 0 Å². The molecule has 23 heavy (non-hydrogen) atoms. The van der Waals surface area contributed by atoms with Gasteiger partial charge < -0.3 is 0 Å². The van der Waals surface area contributed by atoms with E-state index in [-0.39, 0.29) is 0 Å². The molecule has 2 nitrogen and oxygen atoms in total. The molecule has 0 radical (unpaired) electrons. The van der Waals surface area contributed by atoms with Gasteiger partial charge in [0, 0.05) is 11.1 Å². The molecular formula is C21H16N2. The summed E-state index contributed by atoms with van der Waals surface area (Å²) in [5, 5.41) is 9.16. The fraction of sp³-hybridized carbons (Fsp3) is 0.0476. The molecule has 0 aliphatic carbocycles. The Morgan fingerprint density at radius 1 is 0.826 bits per heavy atom. The van der Waals surface area contributed by atoms with E-state index in [0.29, 0.717) is 5.56 Å². The van der Waals surface area contributed by atoms with Gasteiger partial charge in [-0.15, -0.1) is 0 Å². The molecule has 3 aromatic carbocycles. The van der Waals surface area contributed by atoms with Crippen LogP contribution in [0.15, 0.2) is 83.9 Å². The molecule has 0 spiro atoms. The lowest BCUT2D eigenvalue weighted by atomic mass is 10.0. The maximum atomic E-state index is 9.16. The summed E-state index contributed by atoms with van der Waals surface area (Å²) in [4.78, 5) is 4.83. The van der Waals surface area contributed by atoms with Crippen molar-refractivity contribution in [3.63, 3.8) is 0 Å². The van der Waals surface area contributed by atoms with Crippen LogP contribution in [0.25, 0.3) is 0 Å². The lowest BCUT2D eigenvalue weighted by Gasteiger charge is -2.08. The Morgan fingerprint density at radius 3 is 1.91 bits per heavy atom. The smallest absolute Gasteiger partial charge is 0.0992 e. The maximum Gasteiger partial charge on any atom is 0.0992 e. The van der Waals surface area contributed by atoms with Gasteiger partial charge >= 0.3 is 0 Å². The fourth-order valence-electron chi connectivity index (χ4n) is 2.51. The quantitative estimate of drug-likeness (QED) is 0.624. The van der Waals surface area contributed by atoms with Crippen molar-refractivity contribution >= 4 is 11.4 Å². The van der Waals surface area contributed by atoms with Gasteiger partial charge in [0.05, 0.1) is 23.0 Å². The van der Waals surface area contributed by atoms with Crippen LogP contribution < -0.4 is 0 Å². The number of aliphatic imine (C=N–C) groups is 1. The van der Waals surface area contributed by atoms with Crippen molar-refractivity contribution in [2.75, 3.05) is 0 Å². The van der Waals surface area contributed by atoms with Crippen LogP contribution in [0, 0.1) is 18.3 Å². The maximum absolute atomic E-state index is 9.16. The number of aryl methyl sites for hydroxylation is 1. The number of rotatable bonds is 3. The van der Waals surface area contributed by atoms with E-state index in [4.69, 9.17) is 10.3 Å². The molecule has 0 saturated carbocycles. The first-order valence-corrected chi connectivity index (χ1v) is 7.47. The van der Waals surface area contributed by atoms with E-state index in [1.54, 1.807) is 0 Å². The standard InChI is InChI=1S/C21H16N2/c1-16-12-17(15-22)14-20(13-16)23-21(18-8-4-2-5-9-18)19-10-6-3-7-11-19/h2-14H,1H3. The monoisotopic (exact) mass is 296 g/mol. The second-order valence-corrected chi connectivity index (χ2v) is 5.36. The summed E-state index contributed by atoms with van der Waals surface area (Å²) in [6.45, 7) is 1.98. The molecular weight excluding hydrogens is 280 g/mol. The van der Waals surface area contributed by atoms with Crippen molar-refractivity contribution in [1.29, 1.82) is 5.26 Å². The molecule has 110 valence electrons. The molecule has 0 fully saturated rings. The van der Waals surface area contributed by atoms with E-state index in [9.17, 15) is 0 Å². The molecule has 0 N–H and O–H groups in total. The number of benzene rings is 3. The summed E-state index contributed by atoms with van der Waals surface area (Å²) in [5.41, 5.74) is 5.47. The first kappa shape index (κ1) is 14.7. The Labute approximate surface area is 136 Å². The van der Waals surface area contributed by atoms with Crippen molar-refractivity contribution < 1.29 is 0 Å². The predicted octanol–water partition coefficient (Wildman–Crippen LogP) is 5.04. The number of hydrogen-bond acceptors (Lipinski definition) is 2. The highest BCUT2D eigenvalue weighted by molar-refractivity contribution is 6.13. The molecule has 2 heteroatoms. The SMILES string of the molecule is Cc1cc(C#N)cc(N=C(c2ccccc2)c2ccccc2)c1. The van der Waals surface area contributed by atoms with Crippen LogP contribution in [-0.4, -0.2) is 5.71 Å². The van der Waals surface area contributed by atoms with Crippen molar-refractivity contribution in [3.05, 3.63) is 101 Å². The third-order valence-electron chi connectivity index (χ3n) is 3.53. The second kappa shape index (κ2) is 6.72. The zero-order valence-corrected chi connectivity index (χ0v) is 12.9. The van der Waals surface area contributed by atoms with Crippen LogP contribution in [0.5, 0.6) is 0 Å². The topological polar surface area (TPSA) is 36.1 Å². The zero-order valence-electron chi connectivity index (χ0n) is 12.9. The summed E-state index contributed by atoms with van der Waals surface area (Å²) >= 11 is 0. The molecule has 0 atom stereocenters. The first-order chi connectivity index (χ1) is 11.3. The molecule has 0 heterocycles. The molecule has 0 saturated heterocycles. The molecule has 0 aromatic heterocycles. The average molecular weight is 296 g/mol. The summed E-state index contributed by atoms with van der Waals surface area (Å²) in [5.74, 6) is 0. The Kier molecular flexibility index (Phi) is 4.31. The third-order valence-corrected chi connectivity index (χ3v) is 3.53. The predicted molar refractivity (Wildman–Crippen MR) is 94.1 cm³/mol. The summed E-state index contributed by atoms with van der Waals surface area (Å²) in [7, 11) is 0. The first-order valence-electron chi connectivity index (χ1n) is 7.47. The van der Waals surface area contributed by atoms with E-state index in [0.717, 1.165) is 28.1 Å². The van der Waals surface area contributed by atoms with Crippen LogP contribution in [0.1, 0.15) is 22.3 Å². The second-order valence-electron chi connectivity index (χ2n) is 5.36. The molecule has 3 rings (SSSR count). The molecule has 0 bridgehead atoms. The van der Waals surface area contributed by atoms with Crippen LogP contribution in [0.2, 0.25) is 0 Å². The van der Waals surface area contributed by atoms with Crippen molar-refractivity contribution in [3.8, 4) is 6.07 Å². The van der Waals surface area contributed by atoms with E-state index in [1.165, 1.54) is 0 Å². The van der Waals surface area contributed by atoms with Gasteiger partial charge in [0.15, 0.2) is 0 Å². The minimum Gasteiger partial charge on any atom is -0.248 e. The van der Waals surface area contributed by atoms with Crippen molar-refractivity contribution in [1.82, 2.24) is 0 Å². The largest absolute Gasteiger partial charge is 0.248 e. The van der Waals surface area contributed by atoms with Crippen LogP contribution >= 0.6 is 0 Å². The van der Waals surface area contributed by atoms with E-state index < -0.39 is 0 Å². The van der Waals surface area contributed by atoms with Crippen LogP contribution in [0.3, 0.4) is 0 Å². The summed E-state index contributed by atoms with van der Waals surface area (Å²) < 4.78 is 0. The lowest BCUT2D eigenvalue weighted by molar-refractivity contribution is 1.38. The molecule has 3 aromatic rings. The summed E-state index contributed by atoms with van der Waals surface area (Å²) in [6, 6.07) is 28.1. The third kappa shape index (κ3) is 3.53. The van der Waals surface area contributed by atoms with Gasteiger partial charge in [0.1, 0.15) is 0 Å². The minimum absolute atomic E-state index is 0.629. The highest BCUT2D eigenvalue weighted by Crippen LogP contribution is 2.21. The van der Waals surface area contributed by atoms with Gasteiger partial charge in [-0.25, -0.2) is 4.99 Å². The van der Waals surface area contributed by atoms with Crippen LogP contribution in [0.4, 0.5) is 5.69 Å². The number of nitrogens with zero attached hydrogens (tertiary/aromatic N) is 2. The van der Waals surface area contributed by atoms with Crippen molar-refractivity contribution in [2.45, 2.75) is 6.92 Å².